The molecule has 1 aromatic carbocycles. The van der Waals surface area contributed by atoms with Gasteiger partial charge >= 0.3 is 0 Å². The van der Waals surface area contributed by atoms with Crippen molar-refractivity contribution in [1.29, 1.82) is 0 Å². The first-order valence-corrected chi connectivity index (χ1v) is 6.80. The molecule has 2 rings (SSSR count). The molecule has 0 amide bonds. The first-order valence-electron chi connectivity index (χ1n) is 6.80. The lowest BCUT2D eigenvalue weighted by atomic mass is 10.2. The summed E-state index contributed by atoms with van der Waals surface area (Å²) in [6.45, 7) is 3.05. The van der Waals surface area contributed by atoms with Gasteiger partial charge in [0.1, 0.15) is 17.8 Å². The molecule has 0 aliphatic rings. The van der Waals surface area contributed by atoms with Crippen molar-refractivity contribution in [3.05, 3.63) is 42.0 Å². The summed E-state index contributed by atoms with van der Waals surface area (Å²) in [5, 5.41) is 0. The zero-order valence-corrected chi connectivity index (χ0v) is 12.2. The van der Waals surface area contributed by atoms with E-state index in [0.717, 1.165) is 12.0 Å². The first-order chi connectivity index (χ1) is 10.1. The summed E-state index contributed by atoms with van der Waals surface area (Å²) in [6, 6.07) is 6.44. The van der Waals surface area contributed by atoms with E-state index in [0.29, 0.717) is 30.5 Å². The highest BCUT2D eigenvalue weighted by molar-refractivity contribution is 5.67. The molecule has 1 heterocycles. The van der Waals surface area contributed by atoms with Gasteiger partial charge in [-0.2, -0.15) is 4.98 Å². The monoisotopic (exact) mass is 290 g/mol. The molecule has 6 heteroatoms. The van der Waals surface area contributed by atoms with Gasteiger partial charge in [-0.3, -0.25) is 0 Å². The van der Waals surface area contributed by atoms with E-state index in [1.165, 1.54) is 18.5 Å². The van der Waals surface area contributed by atoms with Gasteiger partial charge in [0.2, 0.25) is 5.88 Å². The lowest BCUT2D eigenvalue weighted by Gasteiger charge is -2.20. The second-order valence-electron chi connectivity index (χ2n) is 4.75. The van der Waals surface area contributed by atoms with Gasteiger partial charge in [-0.1, -0.05) is 19.1 Å². The van der Waals surface area contributed by atoms with Crippen molar-refractivity contribution in [2.45, 2.75) is 19.9 Å². The molecular formula is C15H19FN4O. The van der Waals surface area contributed by atoms with Crippen LogP contribution in [0, 0.1) is 5.82 Å². The number of nitrogens with two attached hydrogens (primary N) is 1. The van der Waals surface area contributed by atoms with E-state index in [1.807, 2.05) is 24.9 Å². The highest BCUT2D eigenvalue weighted by Crippen LogP contribution is 2.28. The molecule has 0 bridgehead atoms. The minimum absolute atomic E-state index is 0.261. The van der Waals surface area contributed by atoms with E-state index in [2.05, 4.69) is 9.97 Å². The average Bonchev–Trinajstić information content (AvgIpc) is 2.46. The number of hydrogen-bond donors (Lipinski definition) is 1. The number of halogens is 1. The Labute approximate surface area is 123 Å². The zero-order chi connectivity index (χ0) is 15.2. The van der Waals surface area contributed by atoms with Gasteiger partial charge in [0.25, 0.3) is 0 Å². The number of hydrogen-bond acceptors (Lipinski definition) is 5. The number of aromatic nitrogens is 2. The highest BCUT2D eigenvalue weighted by atomic mass is 19.1. The Balaban J connectivity index is 2.17. The quantitative estimate of drug-likeness (QED) is 0.886. The van der Waals surface area contributed by atoms with Crippen molar-refractivity contribution >= 4 is 11.5 Å². The van der Waals surface area contributed by atoms with Crippen LogP contribution in [-0.4, -0.2) is 23.6 Å². The maximum absolute atomic E-state index is 13.2. The highest BCUT2D eigenvalue weighted by Gasteiger charge is 2.13. The van der Waals surface area contributed by atoms with Gasteiger partial charge in [-0.25, -0.2) is 9.37 Å². The van der Waals surface area contributed by atoms with E-state index < -0.39 is 0 Å². The fraction of sp³-hybridized carbons (Fsp3) is 0.333. The Morgan fingerprint density at radius 2 is 2.14 bits per heavy atom. The maximum atomic E-state index is 13.2. The summed E-state index contributed by atoms with van der Waals surface area (Å²) < 4.78 is 18.7. The molecule has 0 aliphatic carbocycles. The maximum Gasteiger partial charge on any atom is 0.242 e. The lowest BCUT2D eigenvalue weighted by molar-refractivity contribution is 0.306. The largest absolute Gasteiger partial charge is 0.476 e. The third-order valence-electron chi connectivity index (χ3n) is 2.94. The molecule has 2 N–H and O–H groups in total. The van der Waals surface area contributed by atoms with Crippen molar-refractivity contribution < 1.29 is 9.13 Å². The zero-order valence-electron chi connectivity index (χ0n) is 12.2. The predicted molar refractivity (Wildman–Crippen MR) is 80.7 cm³/mol. The minimum Gasteiger partial charge on any atom is -0.476 e. The molecule has 112 valence electrons. The summed E-state index contributed by atoms with van der Waals surface area (Å²) in [5.74, 6) is 0.692. The number of nitrogens with zero attached hydrogens (tertiary/aromatic N) is 3. The number of nitrogen functional groups attached to an aromatic ring is 1. The molecule has 21 heavy (non-hydrogen) atoms. The molecule has 1 aromatic heterocycles. The third-order valence-corrected chi connectivity index (χ3v) is 2.94. The van der Waals surface area contributed by atoms with E-state index in [1.54, 1.807) is 6.07 Å². The van der Waals surface area contributed by atoms with Crippen molar-refractivity contribution in [1.82, 2.24) is 9.97 Å². The second kappa shape index (κ2) is 6.88. The van der Waals surface area contributed by atoms with E-state index in [4.69, 9.17) is 10.5 Å². The molecule has 0 saturated carbocycles. The van der Waals surface area contributed by atoms with Crippen LogP contribution < -0.4 is 15.4 Å². The fourth-order valence-electron chi connectivity index (χ4n) is 1.97. The molecular weight excluding hydrogens is 271 g/mol. The van der Waals surface area contributed by atoms with Crippen molar-refractivity contribution in [3.8, 4) is 5.88 Å². The molecule has 0 unspecified atom stereocenters. The van der Waals surface area contributed by atoms with Crippen LogP contribution in [-0.2, 0) is 6.54 Å². The molecule has 0 fully saturated rings. The van der Waals surface area contributed by atoms with Crippen LogP contribution in [0.2, 0.25) is 0 Å². The summed E-state index contributed by atoms with van der Waals surface area (Å²) >= 11 is 0. The SMILES string of the molecule is CCCOc1ncnc(N(C)Cc2cccc(F)c2)c1N. The number of rotatable bonds is 6. The average molecular weight is 290 g/mol. The van der Waals surface area contributed by atoms with Gasteiger partial charge in [-0.05, 0) is 24.1 Å². The molecule has 0 radical (unpaired) electrons. The molecule has 0 aliphatic heterocycles. The molecule has 2 aromatic rings. The molecule has 5 nitrogen and oxygen atoms in total. The standard InChI is InChI=1S/C15H19FN4O/c1-3-7-21-15-13(17)14(18-10-19-15)20(2)9-11-5-4-6-12(16)8-11/h4-6,8,10H,3,7,9,17H2,1-2H3. The van der Waals surface area contributed by atoms with Crippen molar-refractivity contribution in [3.63, 3.8) is 0 Å². The Kier molecular flexibility index (Phi) is 4.92. The minimum atomic E-state index is -0.261. The molecule has 0 spiro atoms. The van der Waals surface area contributed by atoms with E-state index >= 15 is 0 Å². The molecule has 0 atom stereocenters. The van der Waals surface area contributed by atoms with Gasteiger partial charge in [-0.15, -0.1) is 0 Å². The van der Waals surface area contributed by atoms with Gasteiger partial charge in [0, 0.05) is 13.6 Å². The summed E-state index contributed by atoms with van der Waals surface area (Å²) in [4.78, 5) is 10.1. The van der Waals surface area contributed by atoms with E-state index in [9.17, 15) is 4.39 Å². The van der Waals surface area contributed by atoms with Gasteiger partial charge in [0.15, 0.2) is 5.82 Å². The first kappa shape index (κ1) is 15.0. The van der Waals surface area contributed by atoms with Gasteiger partial charge in [0.05, 0.1) is 6.61 Å². The topological polar surface area (TPSA) is 64.3 Å². The lowest BCUT2D eigenvalue weighted by Crippen LogP contribution is -2.20. The number of benzene rings is 1. The Bertz CT molecular complexity index is 606. The number of ether oxygens (including phenoxy) is 1. The van der Waals surface area contributed by atoms with Gasteiger partial charge < -0.3 is 15.4 Å². The van der Waals surface area contributed by atoms with Crippen LogP contribution in [0.3, 0.4) is 0 Å². The van der Waals surface area contributed by atoms with Crippen molar-refractivity contribution in [2.24, 2.45) is 0 Å². The van der Waals surface area contributed by atoms with Crippen molar-refractivity contribution in [2.75, 3.05) is 24.3 Å². The van der Waals surface area contributed by atoms with Crippen LogP contribution in [0.1, 0.15) is 18.9 Å². The van der Waals surface area contributed by atoms with Crippen LogP contribution in [0.25, 0.3) is 0 Å². The van der Waals surface area contributed by atoms with Crippen LogP contribution in [0.4, 0.5) is 15.9 Å². The van der Waals surface area contributed by atoms with Crippen LogP contribution in [0.5, 0.6) is 5.88 Å². The Morgan fingerprint density at radius 3 is 2.86 bits per heavy atom. The Hall–Kier alpha value is -2.37. The summed E-state index contributed by atoms with van der Waals surface area (Å²) in [5.41, 5.74) is 7.28. The second-order valence-corrected chi connectivity index (χ2v) is 4.75. The smallest absolute Gasteiger partial charge is 0.242 e. The Morgan fingerprint density at radius 1 is 1.33 bits per heavy atom. The van der Waals surface area contributed by atoms with Crippen LogP contribution in [0.15, 0.2) is 30.6 Å². The van der Waals surface area contributed by atoms with E-state index in [-0.39, 0.29) is 5.82 Å². The molecule has 0 saturated heterocycles. The summed E-state index contributed by atoms with van der Waals surface area (Å²) in [7, 11) is 1.84. The number of anilines is 2. The summed E-state index contributed by atoms with van der Waals surface area (Å²) in [6.07, 6.45) is 2.29. The fourth-order valence-corrected chi connectivity index (χ4v) is 1.97. The normalized spacial score (nSPS) is 10.4. The van der Waals surface area contributed by atoms with Crippen LogP contribution >= 0.6 is 0 Å². The third kappa shape index (κ3) is 3.81. The predicted octanol–water partition coefficient (Wildman–Crippen LogP) is 2.62.